The second-order valence-corrected chi connectivity index (χ2v) is 4.23. The van der Waals surface area contributed by atoms with Gasteiger partial charge in [0, 0.05) is 6.04 Å². The molecular formula is C11H20ClN3. The van der Waals surface area contributed by atoms with Gasteiger partial charge >= 0.3 is 0 Å². The van der Waals surface area contributed by atoms with E-state index < -0.39 is 0 Å². The average molecular weight is 230 g/mol. The minimum absolute atomic E-state index is 0.486. The van der Waals surface area contributed by atoms with E-state index in [9.17, 15) is 0 Å². The molecule has 1 aromatic rings. The minimum atomic E-state index is 0.486. The molecule has 0 bridgehead atoms. The van der Waals surface area contributed by atoms with Crippen LogP contribution in [0.2, 0.25) is 5.02 Å². The van der Waals surface area contributed by atoms with E-state index in [0.29, 0.717) is 6.04 Å². The molecule has 0 amide bonds. The number of halogens is 1. The summed E-state index contributed by atoms with van der Waals surface area (Å²) >= 11 is 5.96. The van der Waals surface area contributed by atoms with Crippen LogP contribution in [0.3, 0.4) is 0 Å². The first-order chi connectivity index (χ1) is 7.19. The fraction of sp³-hybridized carbons (Fsp3) is 0.727. The molecule has 0 aliphatic heterocycles. The van der Waals surface area contributed by atoms with Crippen LogP contribution in [0.5, 0.6) is 0 Å². The van der Waals surface area contributed by atoms with Gasteiger partial charge in [-0.05, 0) is 26.3 Å². The normalized spacial score (nSPS) is 13.1. The van der Waals surface area contributed by atoms with E-state index >= 15 is 0 Å². The van der Waals surface area contributed by atoms with Gasteiger partial charge in [-0.15, -0.1) is 0 Å². The van der Waals surface area contributed by atoms with E-state index in [4.69, 9.17) is 11.6 Å². The Morgan fingerprint density at radius 1 is 1.53 bits per heavy atom. The summed E-state index contributed by atoms with van der Waals surface area (Å²) in [6.07, 6.45) is 3.98. The van der Waals surface area contributed by atoms with Crippen LogP contribution in [0.1, 0.15) is 32.4 Å². The van der Waals surface area contributed by atoms with Gasteiger partial charge < -0.3 is 5.32 Å². The molecule has 0 spiro atoms. The van der Waals surface area contributed by atoms with Gasteiger partial charge in [-0.2, -0.15) is 5.10 Å². The van der Waals surface area contributed by atoms with Gasteiger partial charge in [-0.25, -0.2) is 0 Å². The van der Waals surface area contributed by atoms with Crippen molar-refractivity contribution in [3.63, 3.8) is 0 Å². The van der Waals surface area contributed by atoms with Gasteiger partial charge in [0.1, 0.15) is 0 Å². The first kappa shape index (κ1) is 12.5. The monoisotopic (exact) mass is 229 g/mol. The Kier molecular flexibility index (Phi) is 5.12. The Labute approximate surface area is 96.8 Å². The summed E-state index contributed by atoms with van der Waals surface area (Å²) in [6.45, 7) is 8.33. The molecule has 0 saturated heterocycles. The van der Waals surface area contributed by atoms with E-state index in [1.807, 2.05) is 11.6 Å². The van der Waals surface area contributed by atoms with Crippen LogP contribution in [0.25, 0.3) is 0 Å². The first-order valence-corrected chi connectivity index (χ1v) is 5.98. The van der Waals surface area contributed by atoms with Gasteiger partial charge in [0.2, 0.25) is 0 Å². The van der Waals surface area contributed by atoms with Crippen LogP contribution in [0.4, 0.5) is 0 Å². The molecule has 15 heavy (non-hydrogen) atoms. The number of aromatic nitrogens is 2. The quantitative estimate of drug-likeness (QED) is 0.813. The molecule has 1 N–H and O–H groups in total. The molecule has 1 heterocycles. The van der Waals surface area contributed by atoms with Gasteiger partial charge in [-0.1, -0.05) is 25.4 Å². The molecule has 1 atom stereocenters. The number of nitrogens with one attached hydrogen (secondary N) is 1. The summed E-state index contributed by atoms with van der Waals surface area (Å²) in [5.41, 5.74) is 1.05. The van der Waals surface area contributed by atoms with Crippen LogP contribution in [0.15, 0.2) is 6.20 Å². The van der Waals surface area contributed by atoms with Crippen molar-refractivity contribution in [1.29, 1.82) is 0 Å². The van der Waals surface area contributed by atoms with Gasteiger partial charge in [-0.3, -0.25) is 4.68 Å². The summed E-state index contributed by atoms with van der Waals surface area (Å²) in [5, 5.41) is 8.51. The van der Waals surface area contributed by atoms with Crippen molar-refractivity contribution in [2.75, 3.05) is 6.54 Å². The van der Waals surface area contributed by atoms with Gasteiger partial charge in [0.15, 0.2) is 0 Å². The SMILES string of the molecule is CCCNC(CC)Cn1ncc(Cl)c1C. The van der Waals surface area contributed by atoms with E-state index in [1.165, 1.54) is 0 Å². The summed E-state index contributed by atoms with van der Waals surface area (Å²) < 4.78 is 1.97. The Bertz CT molecular complexity index is 296. The number of hydrogen-bond acceptors (Lipinski definition) is 2. The van der Waals surface area contributed by atoms with E-state index in [2.05, 4.69) is 24.3 Å². The highest BCUT2D eigenvalue weighted by Gasteiger charge is 2.09. The third-order valence-corrected chi connectivity index (χ3v) is 2.98. The lowest BCUT2D eigenvalue weighted by Crippen LogP contribution is -2.33. The molecular weight excluding hydrogens is 210 g/mol. The highest BCUT2D eigenvalue weighted by Crippen LogP contribution is 2.13. The zero-order valence-electron chi connectivity index (χ0n) is 9.76. The predicted octanol–water partition coefficient (Wildman–Crippen LogP) is 2.62. The Morgan fingerprint density at radius 2 is 2.27 bits per heavy atom. The summed E-state index contributed by atoms with van der Waals surface area (Å²) in [6, 6.07) is 0.486. The predicted molar refractivity (Wildman–Crippen MR) is 64.3 cm³/mol. The highest BCUT2D eigenvalue weighted by atomic mass is 35.5. The molecule has 0 saturated carbocycles. The molecule has 1 rings (SSSR count). The smallest absolute Gasteiger partial charge is 0.0814 e. The van der Waals surface area contributed by atoms with Crippen molar-refractivity contribution in [3.05, 3.63) is 16.9 Å². The standard InChI is InChI=1S/C11H20ClN3/c1-4-6-13-10(5-2)8-15-9(3)11(12)7-14-15/h7,10,13H,4-6,8H2,1-3H3. The zero-order chi connectivity index (χ0) is 11.3. The molecule has 0 fully saturated rings. The lowest BCUT2D eigenvalue weighted by atomic mass is 10.2. The van der Waals surface area contributed by atoms with Crippen molar-refractivity contribution in [2.24, 2.45) is 0 Å². The molecule has 1 aromatic heterocycles. The Morgan fingerprint density at radius 3 is 2.73 bits per heavy atom. The lowest BCUT2D eigenvalue weighted by molar-refractivity contribution is 0.412. The maximum absolute atomic E-state index is 5.96. The maximum Gasteiger partial charge on any atom is 0.0814 e. The molecule has 0 aromatic carbocycles. The Hall–Kier alpha value is -0.540. The summed E-state index contributed by atoms with van der Waals surface area (Å²) in [7, 11) is 0. The van der Waals surface area contributed by atoms with E-state index in [1.54, 1.807) is 6.20 Å². The average Bonchev–Trinajstić information content (AvgIpc) is 2.55. The fourth-order valence-corrected chi connectivity index (χ4v) is 1.64. The number of rotatable bonds is 6. The van der Waals surface area contributed by atoms with Crippen molar-refractivity contribution in [2.45, 2.75) is 46.2 Å². The number of hydrogen-bond donors (Lipinski definition) is 1. The topological polar surface area (TPSA) is 29.9 Å². The van der Waals surface area contributed by atoms with Crippen LogP contribution in [0, 0.1) is 6.92 Å². The zero-order valence-corrected chi connectivity index (χ0v) is 10.5. The molecule has 4 heteroatoms. The maximum atomic E-state index is 5.96. The molecule has 3 nitrogen and oxygen atoms in total. The first-order valence-electron chi connectivity index (χ1n) is 5.60. The van der Waals surface area contributed by atoms with Crippen molar-refractivity contribution >= 4 is 11.6 Å². The minimum Gasteiger partial charge on any atom is -0.312 e. The second kappa shape index (κ2) is 6.13. The third kappa shape index (κ3) is 3.50. The van der Waals surface area contributed by atoms with Crippen LogP contribution in [-0.2, 0) is 6.54 Å². The summed E-state index contributed by atoms with van der Waals surface area (Å²) in [4.78, 5) is 0. The van der Waals surface area contributed by atoms with Crippen LogP contribution in [-0.4, -0.2) is 22.4 Å². The molecule has 86 valence electrons. The highest BCUT2D eigenvalue weighted by molar-refractivity contribution is 6.31. The lowest BCUT2D eigenvalue weighted by Gasteiger charge is -2.17. The molecule has 1 unspecified atom stereocenters. The third-order valence-electron chi connectivity index (χ3n) is 2.61. The largest absolute Gasteiger partial charge is 0.312 e. The molecule has 0 aliphatic rings. The van der Waals surface area contributed by atoms with Gasteiger partial charge in [0.25, 0.3) is 0 Å². The van der Waals surface area contributed by atoms with Crippen LogP contribution < -0.4 is 5.32 Å². The van der Waals surface area contributed by atoms with Crippen molar-refractivity contribution in [3.8, 4) is 0 Å². The second-order valence-electron chi connectivity index (χ2n) is 3.82. The van der Waals surface area contributed by atoms with E-state index in [-0.39, 0.29) is 0 Å². The Balaban J connectivity index is 2.54. The van der Waals surface area contributed by atoms with Crippen molar-refractivity contribution < 1.29 is 0 Å². The molecule has 0 aliphatic carbocycles. The van der Waals surface area contributed by atoms with Gasteiger partial charge in [0.05, 0.1) is 23.5 Å². The van der Waals surface area contributed by atoms with Crippen molar-refractivity contribution in [1.82, 2.24) is 15.1 Å². The number of nitrogens with zero attached hydrogens (tertiary/aromatic N) is 2. The summed E-state index contributed by atoms with van der Waals surface area (Å²) in [5.74, 6) is 0. The van der Waals surface area contributed by atoms with Crippen LogP contribution >= 0.6 is 11.6 Å². The fourth-order valence-electron chi connectivity index (χ4n) is 1.50. The van der Waals surface area contributed by atoms with E-state index in [0.717, 1.165) is 36.6 Å². The molecule has 0 radical (unpaired) electrons.